The van der Waals surface area contributed by atoms with E-state index in [-0.39, 0.29) is 19.2 Å². The number of nitrogens with zero attached hydrogens (tertiary/aromatic N) is 2. The summed E-state index contributed by atoms with van der Waals surface area (Å²) in [5.74, 6) is -1.02. The molecule has 0 aromatic carbocycles. The molecule has 0 aliphatic carbocycles. The van der Waals surface area contributed by atoms with Gasteiger partial charge in [-0.2, -0.15) is 0 Å². The number of carbonyl (C=O) groups is 2. The standard InChI is InChI=1S/C12H22N2O5/c1-11(2,18)6-13(4)10(17)14-7-12(3,8-14)19-5-9(15)16/h18H,5-8H2,1-4H3,(H,15,16). The summed E-state index contributed by atoms with van der Waals surface area (Å²) < 4.78 is 5.23. The quantitative estimate of drug-likeness (QED) is 0.735. The highest BCUT2D eigenvalue weighted by atomic mass is 16.5. The molecule has 2 amide bonds. The van der Waals surface area contributed by atoms with Gasteiger partial charge in [0.25, 0.3) is 0 Å². The summed E-state index contributed by atoms with van der Waals surface area (Å²) in [6.45, 7) is 5.62. The highest BCUT2D eigenvalue weighted by Crippen LogP contribution is 2.25. The van der Waals surface area contributed by atoms with Gasteiger partial charge in [-0.15, -0.1) is 0 Å². The maximum Gasteiger partial charge on any atom is 0.329 e. The smallest absolute Gasteiger partial charge is 0.329 e. The van der Waals surface area contributed by atoms with Gasteiger partial charge in [0.15, 0.2) is 0 Å². The van der Waals surface area contributed by atoms with Crippen molar-refractivity contribution in [2.75, 3.05) is 33.3 Å². The largest absolute Gasteiger partial charge is 0.480 e. The van der Waals surface area contributed by atoms with Gasteiger partial charge < -0.3 is 24.7 Å². The van der Waals surface area contributed by atoms with E-state index in [2.05, 4.69) is 0 Å². The third kappa shape index (κ3) is 4.68. The third-order valence-electron chi connectivity index (χ3n) is 2.82. The molecular formula is C12H22N2O5. The molecule has 19 heavy (non-hydrogen) atoms. The zero-order valence-electron chi connectivity index (χ0n) is 11.8. The Labute approximate surface area is 112 Å². The van der Waals surface area contributed by atoms with E-state index in [1.54, 1.807) is 32.7 Å². The van der Waals surface area contributed by atoms with Crippen LogP contribution in [-0.4, -0.2) is 76.5 Å². The second-order valence-corrected chi connectivity index (χ2v) is 5.94. The van der Waals surface area contributed by atoms with Gasteiger partial charge in [0.1, 0.15) is 12.2 Å². The number of rotatable bonds is 5. The molecule has 7 heteroatoms. The predicted octanol–water partition coefficient (Wildman–Crippen LogP) is -0.0154. The molecule has 0 aromatic heterocycles. The van der Waals surface area contributed by atoms with Crippen LogP contribution in [0.25, 0.3) is 0 Å². The number of hydrogen-bond acceptors (Lipinski definition) is 4. The number of aliphatic hydroxyl groups is 1. The minimum Gasteiger partial charge on any atom is -0.480 e. The van der Waals surface area contributed by atoms with E-state index in [1.807, 2.05) is 0 Å². The molecular weight excluding hydrogens is 252 g/mol. The topological polar surface area (TPSA) is 90.3 Å². The van der Waals surface area contributed by atoms with Gasteiger partial charge in [-0.3, -0.25) is 0 Å². The molecule has 0 saturated carbocycles. The van der Waals surface area contributed by atoms with Crippen molar-refractivity contribution in [3.8, 4) is 0 Å². The number of carboxylic acid groups (broad SMARTS) is 1. The molecule has 7 nitrogen and oxygen atoms in total. The molecule has 1 fully saturated rings. The van der Waals surface area contributed by atoms with Crippen LogP contribution < -0.4 is 0 Å². The van der Waals surface area contributed by atoms with Crippen LogP contribution in [0.15, 0.2) is 0 Å². The van der Waals surface area contributed by atoms with Gasteiger partial charge in [0, 0.05) is 7.05 Å². The number of amides is 2. The Morgan fingerprint density at radius 2 is 1.95 bits per heavy atom. The molecule has 0 aromatic rings. The monoisotopic (exact) mass is 274 g/mol. The summed E-state index contributed by atoms with van der Waals surface area (Å²) in [4.78, 5) is 25.4. The molecule has 2 N–H and O–H groups in total. The normalized spacial score (nSPS) is 17.8. The van der Waals surface area contributed by atoms with Crippen LogP contribution in [0.2, 0.25) is 0 Å². The first-order chi connectivity index (χ1) is 8.52. The Hall–Kier alpha value is -1.34. The first-order valence-corrected chi connectivity index (χ1v) is 6.11. The predicted molar refractivity (Wildman–Crippen MR) is 67.9 cm³/mol. The van der Waals surface area contributed by atoms with Crippen LogP contribution >= 0.6 is 0 Å². The Bertz CT molecular complexity index is 358. The van der Waals surface area contributed by atoms with E-state index < -0.39 is 17.2 Å². The van der Waals surface area contributed by atoms with Gasteiger partial charge in [-0.1, -0.05) is 0 Å². The molecule has 110 valence electrons. The second kappa shape index (κ2) is 5.34. The first-order valence-electron chi connectivity index (χ1n) is 6.11. The van der Waals surface area contributed by atoms with Gasteiger partial charge in [-0.05, 0) is 20.8 Å². The van der Waals surface area contributed by atoms with E-state index in [1.165, 1.54) is 4.90 Å². The lowest BCUT2D eigenvalue weighted by Gasteiger charge is -2.48. The highest BCUT2D eigenvalue weighted by Gasteiger charge is 2.43. The Balaban J connectivity index is 2.41. The summed E-state index contributed by atoms with van der Waals surface area (Å²) in [6, 6.07) is -0.196. The summed E-state index contributed by atoms with van der Waals surface area (Å²) in [6.07, 6.45) is 0. The van der Waals surface area contributed by atoms with Gasteiger partial charge in [0.2, 0.25) is 0 Å². The summed E-state index contributed by atoms with van der Waals surface area (Å²) in [7, 11) is 1.62. The van der Waals surface area contributed by atoms with Gasteiger partial charge in [0.05, 0.1) is 25.2 Å². The average molecular weight is 274 g/mol. The number of likely N-dealkylation sites (tertiary alicyclic amines) is 1. The van der Waals surface area contributed by atoms with Crippen molar-refractivity contribution in [2.45, 2.75) is 32.0 Å². The molecule has 0 atom stereocenters. The number of carbonyl (C=O) groups excluding carboxylic acids is 1. The molecule has 0 spiro atoms. The van der Waals surface area contributed by atoms with E-state index in [0.29, 0.717) is 13.1 Å². The zero-order chi connectivity index (χ0) is 14.8. The van der Waals surface area contributed by atoms with Crippen molar-refractivity contribution in [1.82, 2.24) is 9.80 Å². The first kappa shape index (κ1) is 15.7. The molecule has 1 rings (SSSR count). The number of urea groups is 1. The zero-order valence-corrected chi connectivity index (χ0v) is 11.8. The maximum atomic E-state index is 12.0. The van der Waals surface area contributed by atoms with Crippen molar-refractivity contribution in [1.29, 1.82) is 0 Å². The molecule has 0 bridgehead atoms. The SMILES string of the molecule is CN(CC(C)(C)O)C(=O)N1CC(C)(OCC(=O)O)C1. The van der Waals surface area contributed by atoms with Crippen LogP contribution in [0.1, 0.15) is 20.8 Å². The van der Waals surface area contributed by atoms with E-state index in [4.69, 9.17) is 9.84 Å². The fraction of sp³-hybridized carbons (Fsp3) is 0.833. The number of likely N-dealkylation sites (N-methyl/N-ethyl adjacent to an activating group) is 1. The van der Waals surface area contributed by atoms with Crippen molar-refractivity contribution in [3.05, 3.63) is 0 Å². The van der Waals surface area contributed by atoms with Gasteiger partial charge >= 0.3 is 12.0 Å². The Kier molecular flexibility index (Phi) is 4.42. The summed E-state index contributed by atoms with van der Waals surface area (Å²) in [5, 5.41) is 18.2. The van der Waals surface area contributed by atoms with E-state index >= 15 is 0 Å². The fourth-order valence-electron chi connectivity index (χ4n) is 2.11. The number of hydrogen-bond donors (Lipinski definition) is 2. The Morgan fingerprint density at radius 3 is 2.37 bits per heavy atom. The lowest BCUT2D eigenvalue weighted by molar-refractivity contribution is -0.160. The molecule has 1 aliphatic heterocycles. The van der Waals surface area contributed by atoms with Crippen molar-refractivity contribution in [2.24, 2.45) is 0 Å². The van der Waals surface area contributed by atoms with Crippen LogP contribution in [0.5, 0.6) is 0 Å². The summed E-state index contributed by atoms with van der Waals surface area (Å²) >= 11 is 0. The maximum absolute atomic E-state index is 12.0. The van der Waals surface area contributed by atoms with Crippen molar-refractivity contribution >= 4 is 12.0 Å². The van der Waals surface area contributed by atoms with Crippen LogP contribution in [-0.2, 0) is 9.53 Å². The lowest BCUT2D eigenvalue weighted by Crippen LogP contribution is -2.65. The van der Waals surface area contributed by atoms with Crippen LogP contribution in [0.4, 0.5) is 4.79 Å². The number of carboxylic acids is 1. The van der Waals surface area contributed by atoms with Crippen molar-refractivity contribution in [3.63, 3.8) is 0 Å². The van der Waals surface area contributed by atoms with Gasteiger partial charge in [-0.25, -0.2) is 9.59 Å². The molecule has 0 unspecified atom stereocenters. The minimum absolute atomic E-state index is 0.196. The Morgan fingerprint density at radius 1 is 1.42 bits per heavy atom. The fourth-order valence-corrected chi connectivity index (χ4v) is 2.11. The van der Waals surface area contributed by atoms with Crippen molar-refractivity contribution < 1.29 is 24.5 Å². The van der Waals surface area contributed by atoms with E-state index in [0.717, 1.165) is 0 Å². The average Bonchev–Trinajstić information content (AvgIpc) is 2.19. The van der Waals surface area contributed by atoms with Crippen LogP contribution in [0, 0.1) is 0 Å². The molecule has 0 radical (unpaired) electrons. The summed E-state index contributed by atoms with van der Waals surface area (Å²) in [5.41, 5.74) is -1.54. The highest BCUT2D eigenvalue weighted by molar-refractivity contribution is 5.75. The second-order valence-electron chi connectivity index (χ2n) is 5.94. The third-order valence-corrected chi connectivity index (χ3v) is 2.82. The minimum atomic E-state index is -1.02. The lowest BCUT2D eigenvalue weighted by atomic mass is 9.97. The molecule has 1 saturated heterocycles. The molecule has 1 aliphatic rings. The number of aliphatic carboxylic acids is 1. The van der Waals surface area contributed by atoms with Crippen LogP contribution in [0.3, 0.4) is 0 Å². The number of ether oxygens (including phenoxy) is 1. The van der Waals surface area contributed by atoms with E-state index in [9.17, 15) is 14.7 Å². The molecule has 1 heterocycles.